The Morgan fingerprint density at radius 3 is 2.28 bits per heavy atom. The highest BCUT2D eigenvalue weighted by molar-refractivity contribution is 6.42. The summed E-state index contributed by atoms with van der Waals surface area (Å²) >= 11 is 12.4. The quantitative estimate of drug-likeness (QED) is 0.394. The highest BCUT2D eigenvalue weighted by Gasteiger charge is 2.39. The Hall–Kier alpha value is -1.91. The fourth-order valence-corrected chi connectivity index (χ4v) is 5.99. The van der Waals surface area contributed by atoms with E-state index in [0.717, 1.165) is 43.6 Å². The van der Waals surface area contributed by atoms with E-state index in [1.165, 1.54) is 6.07 Å². The molecule has 2 aromatic rings. The highest BCUT2D eigenvalue weighted by Crippen LogP contribution is 2.36. The molecule has 2 saturated heterocycles. The molecule has 5 nitrogen and oxygen atoms in total. The summed E-state index contributed by atoms with van der Waals surface area (Å²) in [5.74, 6) is -1.36. The van der Waals surface area contributed by atoms with E-state index in [0.29, 0.717) is 41.3 Å². The van der Waals surface area contributed by atoms with Crippen LogP contribution in [0.2, 0.25) is 10.0 Å². The number of rotatable bonds is 7. The smallest absolute Gasteiger partial charge is 0.339 e. The van der Waals surface area contributed by atoms with Gasteiger partial charge in [0.1, 0.15) is 5.82 Å². The molecule has 0 radical (unpaired) electrons. The number of carbonyl (C=O) groups is 1. The molecule has 0 aromatic heterocycles. The molecule has 0 bridgehead atoms. The lowest BCUT2D eigenvalue weighted by Crippen LogP contribution is -2.46. The van der Waals surface area contributed by atoms with E-state index in [2.05, 4.69) is 23.9 Å². The molecular formula is C28H34Cl2F4N4O. The minimum atomic E-state index is -4.75. The van der Waals surface area contributed by atoms with Crippen LogP contribution in [0.5, 0.6) is 0 Å². The zero-order chi connectivity index (χ0) is 28.5. The number of likely N-dealkylation sites (tertiary alicyclic amines) is 2. The van der Waals surface area contributed by atoms with Gasteiger partial charge in [0, 0.05) is 50.7 Å². The van der Waals surface area contributed by atoms with Gasteiger partial charge in [0.25, 0.3) is 0 Å². The summed E-state index contributed by atoms with van der Waals surface area (Å²) in [6.45, 7) is 3.20. The van der Waals surface area contributed by atoms with Crippen LogP contribution in [-0.4, -0.2) is 91.5 Å². The van der Waals surface area contributed by atoms with Crippen molar-refractivity contribution >= 4 is 29.1 Å². The SMILES string of the molecule is CN(C)C1CCN(CC(=O)N2CC(N(C)Cc3ccc(C(F)(F)F)c(F)c3)[C@@H](c3ccc(Cl)c(Cl)c3)C2)CC1. The first-order valence-electron chi connectivity index (χ1n) is 13.0. The summed E-state index contributed by atoms with van der Waals surface area (Å²) in [4.78, 5) is 21.6. The Morgan fingerprint density at radius 2 is 1.69 bits per heavy atom. The van der Waals surface area contributed by atoms with Crippen LogP contribution >= 0.6 is 23.2 Å². The maximum Gasteiger partial charge on any atom is 0.419 e. The average Bonchev–Trinajstić information content (AvgIpc) is 3.31. The van der Waals surface area contributed by atoms with Crippen molar-refractivity contribution in [1.82, 2.24) is 19.6 Å². The molecule has 0 aliphatic carbocycles. The number of amides is 1. The zero-order valence-corrected chi connectivity index (χ0v) is 23.8. The van der Waals surface area contributed by atoms with Gasteiger partial charge in [-0.1, -0.05) is 35.3 Å². The maximum atomic E-state index is 14.2. The van der Waals surface area contributed by atoms with Crippen molar-refractivity contribution in [3.05, 3.63) is 69.0 Å². The van der Waals surface area contributed by atoms with Crippen molar-refractivity contribution in [3.8, 4) is 0 Å². The number of carbonyl (C=O) groups excluding carboxylic acids is 1. The number of hydrogen-bond donors (Lipinski definition) is 0. The second kappa shape index (κ2) is 12.3. The minimum Gasteiger partial charge on any atom is -0.339 e. The Balaban J connectivity index is 1.49. The van der Waals surface area contributed by atoms with Crippen LogP contribution in [0.3, 0.4) is 0 Å². The molecular weight excluding hydrogens is 555 g/mol. The summed E-state index contributed by atoms with van der Waals surface area (Å²) in [5.41, 5.74) is 0.0567. The van der Waals surface area contributed by atoms with Gasteiger partial charge in [0.2, 0.25) is 5.91 Å². The van der Waals surface area contributed by atoms with Gasteiger partial charge < -0.3 is 9.80 Å². The number of halogens is 6. The van der Waals surface area contributed by atoms with Gasteiger partial charge in [-0.3, -0.25) is 14.6 Å². The second-order valence-corrected chi connectivity index (χ2v) is 11.7. The molecule has 11 heteroatoms. The van der Waals surface area contributed by atoms with Gasteiger partial charge in [-0.15, -0.1) is 0 Å². The molecule has 2 aliphatic heterocycles. The molecule has 1 amide bonds. The zero-order valence-electron chi connectivity index (χ0n) is 22.3. The Bertz CT molecular complexity index is 1170. The number of alkyl halides is 3. The summed E-state index contributed by atoms with van der Waals surface area (Å²) < 4.78 is 53.3. The number of nitrogens with zero attached hydrogens (tertiary/aromatic N) is 4. The van der Waals surface area contributed by atoms with Crippen LogP contribution in [-0.2, 0) is 17.5 Å². The van der Waals surface area contributed by atoms with Gasteiger partial charge in [-0.25, -0.2) is 4.39 Å². The molecule has 214 valence electrons. The summed E-state index contributed by atoms with van der Waals surface area (Å²) in [7, 11) is 5.99. The number of hydrogen-bond acceptors (Lipinski definition) is 4. The van der Waals surface area contributed by atoms with Gasteiger partial charge in [0.05, 0.1) is 22.2 Å². The monoisotopic (exact) mass is 588 g/mol. The lowest BCUT2D eigenvalue weighted by Gasteiger charge is -2.35. The molecule has 4 rings (SSSR count). The third-order valence-electron chi connectivity index (χ3n) is 8.00. The summed E-state index contributed by atoms with van der Waals surface area (Å²) in [6, 6.07) is 8.78. The maximum absolute atomic E-state index is 14.2. The lowest BCUT2D eigenvalue weighted by molar-refractivity contribution is -0.140. The second-order valence-electron chi connectivity index (χ2n) is 10.8. The fraction of sp³-hybridized carbons (Fsp3) is 0.536. The number of likely N-dealkylation sites (N-methyl/N-ethyl adjacent to an activating group) is 1. The van der Waals surface area contributed by atoms with E-state index in [1.54, 1.807) is 12.1 Å². The molecule has 2 fully saturated rings. The Kier molecular flexibility index (Phi) is 9.49. The van der Waals surface area contributed by atoms with E-state index >= 15 is 0 Å². The highest BCUT2D eigenvalue weighted by atomic mass is 35.5. The molecule has 2 aliphatic rings. The van der Waals surface area contributed by atoms with Gasteiger partial charge in [0.15, 0.2) is 0 Å². The fourth-order valence-electron chi connectivity index (χ4n) is 5.68. The van der Waals surface area contributed by atoms with Crippen LogP contribution < -0.4 is 0 Å². The van der Waals surface area contributed by atoms with Crippen LogP contribution in [0, 0.1) is 5.82 Å². The van der Waals surface area contributed by atoms with Gasteiger partial charge in [-0.05, 0) is 69.4 Å². The Labute approximate surface area is 237 Å². The third kappa shape index (κ3) is 7.24. The first-order valence-corrected chi connectivity index (χ1v) is 13.8. The van der Waals surface area contributed by atoms with Crippen LogP contribution in [0.1, 0.15) is 35.4 Å². The van der Waals surface area contributed by atoms with Crippen molar-refractivity contribution in [3.63, 3.8) is 0 Å². The van der Waals surface area contributed by atoms with Crippen molar-refractivity contribution < 1.29 is 22.4 Å². The van der Waals surface area contributed by atoms with Crippen LogP contribution in [0.25, 0.3) is 0 Å². The molecule has 39 heavy (non-hydrogen) atoms. The van der Waals surface area contributed by atoms with E-state index in [1.807, 2.05) is 22.9 Å². The summed E-state index contributed by atoms with van der Waals surface area (Å²) in [5, 5.41) is 0.839. The number of benzene rings is 2. The van der Waals surface area contributed by atoms with Crippen LogP contribution in [0.15, 0.2) is 36.4 Å². The van der Waals surface area contributed by atoms with Crippen molar-refractivity contribution in [2.45, 2.75) is 43.6 Å². The molecule has 0 N–H and O–H groups in total. The van der Waals surface area contributed by atoms with E-state index < -0.39 is 17.6 Å². The largest absolute Gasteiger partial charge is 0.419 e. The van der Waals surface area contributed by atoms with E-state index in [4.69, 9.17) is 23.2 Å². The predicted octanol–water partition coefficient (Wildman–Crippen LogP) is 5.60. The van der Waals surface area contributed by atoms with E-state index in [-0.39, 0.29) is 24.4 Å². The van der Waals surface area contributed by atoms with Crippen molar-refractivity contribution in [1.29, 1.82) is 0 Å². The molecule has 2 heterocycles. The molecule has 1 unspecified atom stereocenters. The average molecular weight is 590 g/mol. The minimum absolute atomic E-state index is 0.0415. The normalized spacial score (nSPS) is 21.4. The molecule has 2 aromatic carbocycles. The van der Waals surface area contributed by atoms with Crippen molar-refractivity contribution in [2.24, 2.45) is 0 Å². The lowest BCUT2D eigenvalue weighted by atomic mass is 9.93. The van der Waals surface area contributed by atoms with Gasteiger partial charge in [-0.2, -0.15) is 13.2 Å². The van der Waals surface area contributed by atoms with Crippen LogP contribution in [0.4, 0.5) is 17.6 Å². The topological polar surface area (TPSA) is 30.0 Å². The summed E-state index contributed by atoms with van der Waals surface area (Å²) in [6.07, 6.45) is -2.72. The first-order chi connectivity index (χ1) is 18.3. The first kappa shape index (κ1) is 30.1. The van der Waals surface area contributed by atoms with E-state index in [9.17, 15) is 22.4 Å². The van der Waals surface area contributed by atoms with Gasteiger partial charge >= 0.3 is 6.18 Å². The Morgan fingerprint density at radius 1 is 1.00 bits per heavy atom. The molecule has 2 atom stereocenters. The standard InChI is InChI=1S/C28H34Cl2F4N4O/c1-35(2)20-8-10-37(11-9-20)17-27(39)38-15-21(19-5-7-23(29)24(30)13-19)26(16-38)36(3)14-18-4-6-22(25(31)12-18)28(32,33)34/h4-7,12-13,20-21,26H,8-11,14-17H2,1-3H3/t21-,26?/m1/s1. The number of piperidine rings is 1. The van der Waals surface area contributed by atoms with Crippen molar-refractivity contribution in [2.75, 3.05) is 53.9 Å². The third-order valence-corrected chi connectivity index (χ3v) is 8.74. The molecule has 0 saturated carbocycles. The predicted molar refractivity (Wildman–Crippen MR) is 146 cm³/mol. The molecule has 0 spiro atoms.